The molecule has 0 saturated carbocycles. The van der Waals surface area contributed by atoms with Gasteiger partial charge in [0.05, 0.1) is 6.61 Å². The summed E-state index contributed by atoms with van der Waals surface area (Å²) in [7, 11) is 0. The molecule has 102 valence electrons. The van der Waals surface area contributed by atoms with Crippen LogP contribution in [0.2, 0.25) is 0 Å². The van der Waals surface area contributed by atoms with E-state index < -0.39 is 0 Å². The first-order chi connectivity index (χ1) is 8.86. The van der Waals surface area contributed by atoms with Gasteiger partial charge in [-0.2, -0.15) is 0 Å². The summed E-state index contributed by atoms with van der Waals surface area (Å²) < 4.78 is 5.57. The molecule has 0 spiro atoms. The SMILES string of the molecule is CCCNCCCCc1ccc(OCCC)cc1. The minimum absolute atomic E-state index is 0.808. The summed E-state index contributed by atoms with van der Waals surface area (Å²) >= 11 is 0. The molecule has 0 unspecified atom stereocenters. The molecule has 1 aromatic rings. The number of hydrogen-bond acceptors (Lipinski definition) is 2. The van der Waals surface area contributed by atoms with Crippen molar-refractivity contribution in [2.45, 2.75) is 46.0 Å². The van der Waals surface area contributed by atoms with Crippen LogP contribution in [0.5, 0.6) is 5.75 Å². The van der Waals surface area contributed by atoms with Crippen LogP contribution in [0.1, 0.15) is 45.1 Å². The molecule has 0 aliphatic carbocycles. The van der Waals surface area contributed by atoms with E-state index in [1.807, 2.05) is 0 Å². The van der Waals surface area contributed by atoms with Crippen LogP contribution >= 0.6 is 0 Å². The summed E-state index contributed by atoms with van der Waals surface area (Å²) in [6.45, 7) is 7.42. The van der Waals surface area contributed by atoms with Crippen molar-refractivity contribution in [3.05, 3.63) is 29.8 Å². The van der Waals surface area contributed by atoms with Crippen molar-refractivity contribution < 1.29 is 4.74 Å². The second-order valence-electron chi connectivity index (χ2n) is 4.70. The van der Waals surface area contributed by atoms with Gasteiger partial charge in [0.1, 0.15) is 5.75 Å². The summed E-state index contributed by atoms with van der Waals surface area (Å²) in [4.78, 5) is 0. The summed E-state index contributed by atoms with van der Waals surface area (Å²) in [5, 5.41) is 3.43. The van der Waals surface area contributed by atoms with Gasteiger partial charge in [-0.25, -0.2) is 0 Å². The number of ether oxygens (including phenoxy) is 1. The highest BCUT2D eigenvalue weighted by atomic mass is 16.5. The van der Waals surface area contributed by atoms with Gasteiger partial charge in [-0.05, 0) is 62.9 Å². The topological polar surface area (TPSA) is 21.3 Å². The van der Waals surface area contributed by atoms with Crippen LogP contribution in [0, 0.1) is 0 Å². The van der Waals surface area contributed by atoms with Gasteiger partial charge in [-0.3, -0.25) is 0 Å². The van der Waals surface area contributed by atoms with E-state index in [4.69, 9.17) is 4.74 Å². The van der Waals surface area contributed by atoms with Crippen LogP contribution in [0.4, 0.5) is 0 Å². The number of rotatable bonds is 10. The van der Waals surface area contributed by atoms with E-state index in [0.717, 1.165) is 31.9 Å². The molecule has 0 bridgehead atoms. The number of aryl methyl sites for hydroxylation is 1. The molecule has 0 aliphatic heterocycles. The van der Waals surface area contributed by atoms with Crippen LogP contribution in [-0.4, -0.2) is 19.7 Å². The Kier molecular flexibility index (Phi) is 8.32. The fraction of sp³-hybridized carbons (Fsp3) is 0.625. The lowest BCUT2D eigenvalue weighted by atomic mass is 10.1. The normalized spacial score (nSPS) is 10.6. The molecule has 2 heteroatoms. The Morgan fingerprint density at radius 3 is 2.39 bits per heavy atom. The van der Waals surface area contributed by atoms with Crippen molar-refractivity contribution in [1.82, 2.24) is 5.32 Å². The molecule has 1 aromatic carbocycles. The molecule has 0 radical (unpaired) electrons. The Morgan fingerprint density at radius 2 is 1.72 bits per heavy atom. The van der Waals surface area contributed by atoms with Crippen LogP contribution in [0.15, 0.2) is 24.3 Å². The zero-order chi connectivity index (χ0) is 13.1. The van der Waals surface area contributed by atoms with Crippen molar-refractivity contribution in [3.63, 3.8) is 0 Å². The first-order valence-electron chi connectivity index (χ1n) is 7.29. The first-order valence-corrected chi connectivity index (χ1v) is 7.29. The monoisotopic (exact) mass is 249 g/mol. The lowest BCUT2D eigenvalue weighted by molar-refractivity contribution is 0.317. The quantitative estimate of drug-likeness (QED) is 0.637. The maximum atomic E-state index is 5.57. The minimum atomic E-state index is 0.808. The minimum Gasteiger partial charge on any atom is -0.494 e. The van der Waals surface area contributed by atoms with Gasteiger partial charge in [-0.15, -0.1) is 0 Å². The highest BCUT2D eigenvalue weighted by molar-refractivity contribution is 5.27. The van der Waals surface area contributed by atoms with E-state index in [9.17, 15) is 0 Å². The molecule has 0 aromatic heterocycles. The summed E-state index contributed by atoms with van der Waals surface area (Å²) in [5.74, 6) is 0.991. The van der Waals surface area contributed by atoms with Crippen molar-refractivity contribution in [3.8, 4) is 5.75 Å². The van der Waals surface area contributed by atoms with Gasteiger partial charge in [-0.1, -0.05) is 26.0 Å². The Labute approximate surface area is 112 Å². The average Bonchev–Trinajstić information content (AvgIpc) is 2.42. The molecule has 0 amide bonds. The van der Waals surface area contributed by atoms with Crippen LogP contribution in [0.3, 0.4) is 0 Å². The lowest BCUT2D eigenvalue weighted by Crippen LogP contribution is -2.15. The molecule has 1 N–H and O–H groups in total. The maximum Gasteiger partial charge on any atom is 0.119 e. The van der Waals surface area contributed by atoms with E-state index in [1.165, 1.54) is 31.2 Å². The number of nitrogens with one attached hydrogen (secondary N) is 1. The summed E-state index contributed by atoms with van der Waals surface area (Å²) in [6, 6.07) is 8.54. The van der Waals surface area contributed by atoms with Crippen molar-refractivity contribution >= 4 is 0 Å². The van der Waals surface area contributed by atoms with Crippen LogP contribution < -0.4 is 10.1 Å². The zero-order valence-corrected chi connectivity index (χ0v) is 11.9. The summed E-state index contributed by atoms with van der Waals surface area (Å²) in [5.41, 5.74) is 1.41. The van der Waals surface area contributed by atoms with Gasteiger partial charge in [0.2, 0.25) is 0 Å². The van der Waals surface area contributed by atoms with Crippen LogP contribution in [-0.2, 0) is 6.42 Å². The molecule has 0 aliphatic rings. The number of benzene rings is 1. The third-order valence-electron chi connectivity index (χ3n) is 2.89. The Bertz CT molecular complexity index is 294. The first kappa shape index (κ1) is 15.0. The predicted molar refractivity (Wildman–Crippen MR) is 78.3 cm³/mol. The molecule has 1 rings (SSSR count). The second kappa shape index (κ2) is 9.95. The third-order valence-corrected chi connectivity index (χ3v) is 2.89. The van der Waals surface area contributed by atoms with Crippen molar-refractivity contribution in [1.29, 1.82) is 0 Å². The highest BCUT2D eigenvalue weighted by Gasteiger charge is 1.96. The molecular weight excluding hydrogens is 222 g/mol. The van der Waals surface area contributed by atoms with Gasteiger partial charge in [0, 0.05) is 0 Å². The standard InChI is InChI=1S/C16H27NO/c1-3-12-17-13-6-5-7-15-8-10-16(11-9-15)18-14-4-2/h8-11,17H,3-7,12-14H2,1-2H3. The number of hydrogen-bond donors (Lipinski definition) is 1. The van der Waals surface area contributed by atoms with Gasteiger partial charge >= 0.3 is 0 Å². The Balaban J connectivity index is 2.14. The van der Waals surface area contributed by atoms with E-state index in [-0.39, 0.29) is 0 Å². The average molecular weight is 249 g/mol. The van der Waals surface area contributed by atoms with E-state index >= 15 is 0 Å². The summed E-state index contributed by atoms with van der Waals surface area (Å²) in [6.07, 6.45) is 5.97. The zero-order valence-electron chi connectivity index (χ0n) is 11.9. The molecule has 2 nitrogen and oxygen atoms in total. The largest absolute Gasteiger partial charge is 0.494 e. The Hall–Kier alpha value is -1.02. The second-order valence-corrected chi connectivity index (χ2v) is 4.70. The van der Waals surface area contributed by atoms with Crippen molar-refractivity contribution in [2.75, 3.05) is 19.7 Å². The fourth-order valence-electron chi connectivity index (χ4n) is 1.85. The molecule has 18 heavy (non-hydrogen) atoms. The molecule has 0 fully saturated rings. The van der Waals surface area contributed by atoms with E-state index in [2.05, 4.69) is 43.4 Å². The molecule has 0 atom stereocenters. The van der Waals surface area contributed by atoms with Crippen molar-refractivity contribution in [2.24, 2.45) is 0 Å². The van der Waals surface area contributed by atoms with Gasteiger partial charge in [0.15, 0.2) is 0 Å². The molecular formula is C16H27NO. The third kappa shape index (κ3) is 6.65. The highest BCUT2D eigenvalue weighted by Crippen LogP contribution is 2.14. The number of unbranched alkanes of at least 4 members (excludes halogenated alkanes) is 1. The predicted octanol–water partition coefficient (Wildman–Crippen LogP) is 3.80. The molecule has 0 saturated heterocycles. The molecule has 0 heterocycles. The lowest BCUT2D eigenvalue weighted by Gasteiger charge is -2.06. The Morgan fingerprint density at radius 1 is 0.944 bits per heavy atom. The maximum absolute atomic E-state index is 5.57. The van der Waals surface area contributed by atoms with Gasteiger partial charge in [0.25, 0.3) is 0 Å². The fourth-order valence-corrected chi connectivity index (χ4v) is 1.85. The van der Waals surface area contributed by atoms with E-state index in [1.54, 1.807) is 0 Å². The van der Waals surface area contributed by atoms with Gasteiger partial charge < -0.3 is 10.1 Å². The van der Waals surface area contributed by atoms with E-state index in [0.29, 0.717) is 0 Å². The smallest absolute Gasteiger partial charge is 0.119 e. The van der Waals surface area contributed by atoms with Crippen LogP contribution in [0.25, 0.3) is 0 Å².